The van der Waals surface area contributed by atoms with Crippen LogP contribution in [0.15, 0.2) is 4.99 Å². The number of rotatable bonds is 1. The lowest BCUT2D eigenvalue weighted by Crippen LogP contribution is -2.66. The second-order valence-corrected chi connectivity index (χ2v) is 3.01. The Morgan fingerprint density at radius 3 is 1.75 bits per heavy atom. The highest BCUT2D eigenvalue weighted by molar-refractivity contribution is 5.89. The van der Waals surface area contributed by atoms with E-state index in [0.717, 1.165) is 0 Å². The zero-order chi connectivity index (χ0) is 12.6. The minimum atomic E-state index is -1.10. The Hall–Kier alpha value is -1.77. The number of carboxylic acid groups (broad SMARTS) is 1. The van der Waals surface area contributed by atoms with Crippen LogP contribution in [0.2, 0.25) is 0 Å². The van der Waals surface area contributed by atoms with Crippen LogP contribution in [0.3, 0.4) is 0 Å². The Kier molecular flexibility index (Phi) is 12.1. The maximum Gasteiger partial charge on any atom is 0.387 e. The van der Waals surface area contributed by atoms with E-state index < -0.39 is 12.0 Å². The van der Waals surface area contributed by atoms with Gasteiger partial charge >= 0.3 is 5.96 Å². The SMILES string of the molecule is CC([NH3+])C(=O)[O-].C[N+](C)=C(N)N=C(N)N.[B-]. The highest BCUT2D eigenvalue weighted by atomic mass is 16.4. The van der Waals surface area contributed by atoms with Gasteiger partial charge in [-0.15, -0.1) is 0 Å². The molecular weight excluding hydrogens is 211 g/mol. The number of carbonyl (C=O) groups is 1. The first-order valence-corrected chi connectivity index (χ1v) is 4.11. The molecule has 16 heavy (non-hydrogen) atoms. The minimum Gasteiger partial charge on any atom is -1.00 e. The third-order valence-electron chi connectivity index (χ3n) is 1.10. The number of aliphatic imine (C=N–C) groups is 1. The van der Waals surface area contributed by atoms with Gasteiger partial charge in [0.05, 0.1) is 20.1 Å². The number of nitrogens with zero attached hydrogens (tertiary/aromatic N) is 2. The fourth-order valence-corrected chi connectivity index (χ4v) is 0.232. The summed E-state index contributed by atoms with van der Waals surface area (Å²) in [7, 11) is 3.50. The van der Waals surface area contributed by atoms with E-state index in [9.17, 15) is 9.90 Å². The molecule has 1 atom stereocenters. The van der Waals surface area contributed by atoms with Gasteiger partial charge in [-0.05, 0) is 11.9 Å². The molecule has 0 bridgehead atoms. The van der Waals surface area contributed by atoms with Crippen molar-refractivity contribution in [3.63, 3.8) is 0 Å². The molecule has 0 aliphatic rings. The maximum absolute atomic E-state index is 9.53. The predicted molar refractivity (Wildman–Crippen MR) is 60.2 cm³/mol. The van der Waals surface area contributed by atoms with Gasteiger partial charge in [0.2, 0.25) is 0 Å². The first-order valence-electron chi connectivity index (χ1n) is 4.11. The van der Waals surface area contributed by atoms with Gasteiger partial charge in [0, 0.05) is 0 Å². The molecule has 0 spiro atoms. The first kappa shape index (κ1) is 19.8. The van der Waals surface area contributed by atoms with Crippen molar-refractivity contribution < 1.29 is 20.2 Å². The van der Waals surface area contributed by atoms with E-state index >= 15 is 0 Å². The molecule has 9 heteroatoms. The Balaban J connectivity index is -0.000000214. The molecule has 1 unspecified atom stereocenters. The molecule has 0 aliphatic heterocycles. The Labute approximate surface area is 96.6 Å². The van der Waals surface area contributed by atoms with Crippen LogP contribution in [-0.2, 0) is 4.79 Å². The average Bonchev–Trinajstić information content (AvgIpc) is 2.03. The number of nitrogens with two attached hydrogens (primary N) is 3. The molecular formula is C7H19BN6O2. The van der Waals surface area contributed by atoms with Crippen molar-refractivity contribution in [2.24, 2.45) is 22.2 Å². The fraction of sp³-hybridized carbons (Fsp3) is 0.571. The molecule has 0 rings (SSSR count). The zero-order valence-corrected chi connectivity index (χ0v) is 9.80. The Morgan fingerprint density at radius 1 is 1.38 bits per heavy atom. The molecule has 0 aromatic carbocycles. The number of quaternary nitrogens is 1. The quantitative estimate of drug-likeness (QED) is 0.153. The fourth-order valence-electron chi connectivity index (χ4n) is 0.232. The molecule has 92 valence electrons. The second-order valence-electron chi connectivity index (χ2n) is 3.01. The number of guanidine groups is 2. The first-order chi connectivity index (χ1) is 6.68. The van der Waals surface area contributed by atoms with Crippen LogP contribution in [0, 0.1) is 0 Å². The van der Waals surface area contributed by atoms with Gasteiger partial charge < -0.3 is 35.5 Å². The number of hydrogen-bond acceptors (Lipinski definition) is 2. The summed E-state index contributed by atoms with van der Waals surface area (Å²) >= 11 is 0. The summed E-state index contributed by atoms with van der Waals surface area (Å²) in [6, 6.07) is -0.593. The van der Waals surface area contributed by atoms with E-state index in [1.54, 1.807) is 18.7 Å². The summed E-state index contributed by atoms with van der Waals surface area (Å²) in [6.07, 6.45) is 0. The van der Waals surface area contributed by atoms with Crippen molar-refractivity contribution in [2.45, 2.75) is 13.0 Å². The highest BCUT2D eigenvalue weighted by Crippen LogP contribution is 1.64. The molecule has 0 aliphatic carbocycles. The summed E-state index contributed by atoms with van der Waals surface area (Å²) in [5.74, 6) is -0.828. The van der Waals surface area contributed by atoms with Gasteiger partial charge in [0.15, 0.2) is 0 Å². The molecule has 0 fully saturated rings. The largest absolute Gasteiger partial charge is 1.00 e. The van der Waals surface area contributed by atoms with Crippen molar-refractivity contribution in [3.8, 4) is 0 Å². The van der Waals surface area contributed by atoms with Crippen LogP contribution in [0.1, 0.15) is 6.92 Å². The van der Waals surface area contributed by atoms with E-state index in [1.165, 1.54) is 6.92 Å². The van der Waals surface area contributed by atoms with E-state index in [4.69, 9.17) is 17.2 Å². The van der Waals surface area contributed by atoms with Crippen LogP contribution in [0.4, 0.5) is 0 Å². The monoisotopic (exact) mass is 230 g/mol. The van der Waals surface area contributed by atoms with Crippen molar-refractivity contribution in [1.82, 2.24) is 0 Å². The molecule has 0 heterocycles. The van der Waals surface area contributed by atoms with Crippen LogP contribution >= 0.6 is 0 Å². The Morgan fingerprint density at radius 2 is 1.69 bits per heavy atom. The van der Waals surface area contributed by atoms with E-state index in [2.05, 4.69) is 10.7 Å². The van der Waals surface area contributed by atoms with E-state index in [-0.39, 0.29) is 14.4 Å². The number of carboxylic acids is 1. The van der Waals surface area contributed by atoms with Gasteiger partial charge in [-0.2, -0.15) is 0 Å². The lowest BCUT2D eigenvalue weighted by molar-refractivity contribution is -0.466. The number of carbonyl (C=O) groups excluding carboxylic acids is 1. The number of aliphatic carboxylic acids is 1. The summed E-state index contributed by atoms with van der Waals surface area (Å²) in [4.78, 5) is 13.1. The highest BCUT2D eigenvalue weighted by Gasteiger charge is 1.97. The van der Waals surface area contributed by atoms with Crippen molar-refractivity contribution in [3.05, 3.63) is 0 Å². The topological polar surface area (TPSA) is 161 Å². The van der Waals surface area contributed by atoms with Crippen LogP contribution < -0.4 is 28.0 Å². The lowest BCUT2D eigenvalue weighted by Gasteiger charge is -1.97. The van der Waals surface area contributed by atoms with Crippen LogP contribution in [0.25, 0.3) is 0 Å². The van der Waals surface area contributed by atoms with Crippen molar-refractivity contribution in [1.29, 1.82) is 0 Å². The molecule has 0 aromatic rings. The Bertz CT molecular complexity index is 268. The zero-order valence-electron chi connectivity index (χ0n) is 9.80. The molecule has 9 N–H and O–H groups in total. The van der Waals surface area contributed by atoms with Gasteiger partial charge in [0.25, 0.3) is 5.96 Å². The minimum absolute atomic E-state index is 0. The molecule has 0 amide bonds. The van der Waals surface area contributed by atoms with Crippen LogP contribution in [0.5, 0.6) is 0 Å². The molecule has 0 aromatic heterocycles. The van der Waals surface area contributed by atoms with E-state index in [0.29, 0.717) is 5.96 Å². The molecule has 0 saturated heterocycles. The van der Waals surface area contributed by atoms with Crippen LogP contribution in [-0.4, -0.2) is 51.0 Å². The smallest absolute Gasteiger partial charge is 0.387 e. The van der Waals surface area contributed by atoms with Gasteiger partial charge in [-0.3, -0.25) is 10.3 Å². The van der Waals surface area contributed by atoms with Crippen molar-refractivity contribution in [2.75, 3.05) is 14.1 Å². The number of hydrogen-bond donors (Lipinski definition) is 4. The lowest BCUT2D eigenvalue weighted by atomic mass is 10.4. The summed E-state index contributed by atoms with van der Waals surface area (Å²) < 4.78 is 1.61. The third kappa shape index (κ3) is 14.7. The van der Waals surface area contributed by atoms with E-state index in [1.807, 2.05) is 0 Å². The molecule has 8 nitrogen and oxygen atoms in total. The third-order valence-corrected chi connectivity index (χ3v) is 1.10. The molecule has 4 radical (unpaired) electrons. The predicted octanol–water partition coefficient (Wildman–Crippen LogP) is -5.17. The standard InChI is InChI=1S/C4H11N5.C3H7NO2.B/c1-9(2)4(7)8-3(5)6;1-2(4)3(5)6;/h1-2H3,(H5,5,6,7,8);2H,4H2,1H3,(H,5,6);/q;;-1/p+1. The second kappa shape index (κ2) is 9.78. The van der Waals surface area contributed by atoms with Gasteiger partial charge in [0.1, 0.15) is 6.04 Å². The summed E-state index contributed by atoms with van der Waals surface area (Å²) in [6.45, 7) is 1.47. The maximum atomic E-state index is 9.53. The summed E-state index contributed by atoms with van der Waals surface area (Å²) in [5, 5.41) is 9.53. The normalized spacial score (nSPS) is 9.75. The summed E-state index contributed by atoms with van der Waals surface area (Å²) in [5.41, 5.74) is 18.6. The van der Waals surface area contributed by atoms with Gasteiger partial charge in [-0.1, -0.05) is 0 Å². The van der Waals surface area contributed by atoms with Gasteiger partial charge in [-0.25, -0.2) is 0 Å². The molecule has 0 saturated carbocycles. The average molecular weight is 230 g/mol. The van der Waals surface area contributed by atoms with Crippen molar-refractivity contribution >= 4 is 26.3 Å².